The Labute approximate surface area is 299 Å². The number of morpholine rings is 2. The number of nitrogens with zero attached hydrogens (tertiary/aromatic N) is 3. The number of amides is 2. The summed E-state index contributed by atoms with van der Waals surface area (Å²) >= 11 is 15.0. The first-order valence-electron chi connectivity index (χ1n) is 15.2. The molecule has 0 aliphatic carbocycles. The highest BCUT2D eigenvalue weighted by Gasteiger charge is 2.33. The van der Waals surface area contributed by atoms with E-state index in [2.05, 4.69) is 0 Å². The highest BCUT2D eigenvalue weighted by atomic mass is 35.5. The van der Waals surface area contributed by atoms with Gasteiger partial charge in [-0.3, -0.25) is 19.7 Å². The van der Waals surface area contributed by atoms with Gasteiger partial charge >= 0.3 is 5.69 Å². The highest BCUT2D eigenvalue weighted by molar-refractivity contribution is 7.22. The molecule has 17 heteroatoms. The van der Waals surface area contributed by atoms with Crippen molar-refractivity contribution in [2.24, 2.45) is 0 Å². The summed E-state index contributed by atoms with van der Waals surface area (Å²) in [6.45, 7) is 9.54. The van der Waals surface area contributed by atoms with E-state index in [0.29, 0.717) is 47.6 Å². The van der Waals surface area contributed by atoms with Crippen molar-refractivity contribution in [1.29, 1.82) is 0 Å². The third-order valence-electron chi connectivity index (χ3n) is 7.97. The van der Waals surface area contributed by atoms with Gasteiger partial charge in [0.1, 0.15) is 14.5 Å². The number of nitro benzene ring substituents is 1. The van der Waals surface area contributed by atoms with Crippen LogP contribution in [0.1, 0.15) is 47.0 Å². The van der Waals surface area contributed by atoms with Crippen molar-refractivity contribution >= 4 is 83.5 Å². The molecule has 6 rings (SSSR count). The van der Waals surface area contributed by atoms with Crippen LogP contribution in [-0.2, 0) is 9.47 Å². The third kappa shape index (κ3) is 7.32. The number of phenolic OH excluding ortho intramolecular Hbond substituents is 2. The first-order chi connectivity index (χ1) is 23.1. The zero-order valence-electron chi connectivity index (χ0n) is 27.4. The number of fused-ring (bicyclic) bond motifs is 2. The van der Waals surface area contributed by atoms with E-state index >= 15 is 0 Å². The maximum absolute atomic E-state index is 12.9. The van der Waals surface area contributed by atoms with E-state index in [9.17, 15) is 29.9 Å². The number of hydrogen-bond acceptors (Lipinski definition) is 12. The number of phenols is 2. The van der Waals surface area contributed by atoms with E-state index < -0.39 is 22.1 Å². The summed E-state index contributed by atoms with van der Waals surface area (Å²) in [5, 5.41) is 32.2. The van der Waals surface area contributed by atoms with Crippen molar-refractivity contribution in [3.8, 4) is 23.0 Å². The molecule has 4 heterocycles. The van der Waals surface area contributed by atoms with Crippen molar-refractivity contribution < 1.29 is 43.7 Å². The number of ether oxygens (including phenoxy) is 4. The van der Waals surface area contributed by atoms with E-state index in [1.807, 2.05) is 44.7 Å². The van der Waals surface area contributed by atoms with Crippen molar-refractivity contribution in [1.82, 2.24) is 9.80 Å². The molecule has 2 fully saturated rings. The first-order valence-corrected chi connectivity index (χ1v) is 17.6. The Hall–Kier alpha value is -3.60. The van der Waals surface area contributed by atoms with Crippen LogP contribution in [0.5, 0.6) is 23.0 Å². The van der Waals surface area contributed by atoms with Crippen LogP contribution in [0.3, 0.4) is 0 Å². The number of halogens is 2. The van der Waals surface area contributed by atoms with Crippen LogP contribution in [0.2, 0.25) is 10.0 Å². The average molecular weight is 757 g/mol. The summed E-state index contributed by atoms with van der Waals surface area (Å²) in [5.74, 6) is -0.704. The van der Waals surface area contributed by atoms with Crippen LogP contribution >= 0.6 is 45.9 Å². The first kappa shape index (κ1) is 36.7. The van der Waals surface area contributed by atoms with Gasteiger partial charge in [0.2, 0.25) is 5.75 Å². The molecule has 2 amide bonds. The Morgan fingerprint density at radius 2 is 1.27 bits per heavy atom. The SMILES string of the molecule is CC1CN(C(=O)c2sc3c([N+](=O)[O-])c(O)c(O)cc3c2Cl)CC(C)O1.COc1cc2sc(C(=O)N3CC(C)OC(C)C3)c(Cl)c2cc1OC. The highest BCUT2D eigenvalue weighted by Crippen LogP contribution is 2.49. The topological polar surface area (TPSA) is 161 Å². The van der Waals surface area contributed by atoms with Crippen molar-refractivity contribution in [3.63, 3.8) is 0 Å². The summed E-state index contributed by atoms with van der Waals surface area (Å²) in [5.41, 5.74) is -0.662. The Morgan fingerprint density at radius 1 is 0.816 bits per heavy atom. The smallest absolute Gasteiger partial charge is 0.332 e. The molecule has 2 aromatic heterocycles. The molecule has 2 N–H and O–H groups in total. The Bertz CT molecular complexity index is 1910. The average Bonchev–Trinajstić information content (AvgIpc) is 3.54. The summed E-state index contributed by atoms with van der Waals surface area (Å²) in [6, 6.07) is 4.79. The fraction of sp³-hybridized carbons (Fsp3) is 0.438. The molecule has 2 aliphatic heterocycles. The fourth-order valence-corrected chi connectivity index (χ4v) is 9.02. The van der Waals surface area contributed by atoms with Crippen LogP contribution in [0.4, 0.5) is 5.69 Å². The third-order valence-corrected chi connectivity index (χ3v) is 11.3. The molecule has 13 nitrogen and oxygen atoms in total. The van der Waals surface area contributed by atoms with E-state index in [-0.39, 0.29) is 56.2 Å². The van der Waals surface area contributed by atoms with Crippen LogP contribution in [0, 0.1) is 10.1 Å². The minimum absolute atomic E-state index is 0.0195. The number of benzene rings is 2. The zero-order valence-corrected chi connectivity index (χ0v) is 30.6. The molecule has 2 aliphatic rings. The van der Waals surface area contributed by atoms with E-state index in [0.717, 1.165) is 27.5 Å². The fourth-order valence-electron chi connectivity index (χ4n) is 5.98. The van der Waals surface area contributed by atoms with Gasteiger partial charge in [-0.1, -0.05) is 23.2 Å². The molecule has 4 atom stereocenters. The Morgan fingerprint density at radius 3 is 1.73 bits per heavy atom. The molecule has 0 saturated carbocycles. The summed E-state index contributed by atoms with van der Waals surface area (Å²) < 4.78 is 22.9. The monoisotopic (exact) mass is 755 g/mol. The molecule has 264 valence electrons. The quantitative estimate of drug-likeness (QED) is 0.124. The normalized spacial score (nSPS) is 21.0. The molecule has 4 unspecified atom stereocenters. The predicted molar refractivity (Wildman–Crippen MR) is 189 cm³/mol. The van der Waals surface area contributed by atoms with Gasteiger partial charge in [-0.15, -0.1) is 22.7 Å². The predicted octanol–water partition coefficient (Wildman–Crippen LogP) is 6.94. The molecule has 0 radical (unpaired) electrons. The lowest BCUT2D eigenvalue weighted by Crippen LogP contribution is -2.48. The van der Waals surface area contributed by atoms with Gasteiger partial charge in [-0.2, -0.15) is 0 Å². The lowest BCUT2D eigenvalue weighted by molar-refractivity contribution is -0.383. The van der Waals surface area contributed by atoms with Gasteiger partial charge in [0, 0.05) is 47.7 Å². The minimum atomic E-state index is -0.844. The number of methoxy groups -OCH3 is 2. The summed E-state index contributed by atoms with van der Waals surface area (Å²) in [4.78, 5) is 40.3. The van der Waals surface area contributed by atoms with Crippen LogP contribution in [-0.4, -0.2) is 102 Å². The zero-order chi connectivity index (χ0) is 35.9. The molecule has 4 aromatic rings. The number of nitro groups is 1. The van der Waals surface area contributed by atoms with E-state index in [4.69, 9.17) is 42.1 Å². The van der Waals surface area contributed by atoms with Crippen LogP contribution < -0.4 is 9.47 Å². The second-order valence-electron chi connectivity index (χ2n) is 11.9. The molecule has 0 spiro atoms. The van der Waals surface area contributed by atoms with E-state index in [1.165, 1.54) is 11.3 Å². The summed E-state index contributed by atoms with van der Waals surface area (Å²) in [7, 11) is 3.16. The molecule has 2 saturated heterocycles. The number of aromatic hydroxyl groups is 2. The molecule has 49 heavy (non-hydrogen) atoms. The maximum Gasteiger partial charge on any atom is 0.332 e. The number of rotatable bonds is 5. The van der Waals surface area contributed by atoms with Crippen molar-refractivity contribution in [2.45, 2.75) is 52.1 Å². The van der Waals surface area contributed by atoms with Crippen LogP contribution in [0.25, 0.3) is 20.2 Å². The number of hydrogen-bond donors (Lipinski definition) is 2. The number of carbonyl (C=O) groups is 2. The maximum atomic E-state index is 12.9. The minimum Gasteiger partial charge on any atom is -0.504 e. The number of carbonyl (C=O) groups excluding carboxylic acids is 2. The standard InChI is InChI=1S/C17H20ClNO4S.C15H15ClN2O6S/c1-9-7-19(8-10(2)23-9)17(20)16-15(18)11-5-12(21-3)13(22-4)6-14(11)24-16;1-6-4-17(5-7(2)24-6)15(21)14-10(16)8-3-9(19)12(20)11(18(22)23)13(8)25-14/h5-6,9-10H,7-8H2,1-4H3;3,6-7,19-20H,4-5H2,1-2H3. The Kier molecular flexibility index (Phi) is 11.0. The van der Waals surface area contributed by atoms with Gasteiger partial charge in [0.15, 0.2) is 17.2 Å². The molecule has 2 aromatic carbocycles. The molecule has 0 bridgehead atoms. The summed E-state index contributed by atoms with van der Waals surface area (Å²) in [6.07, 6.45) is -0.233. The molecular weight excluding hydrogens is 721 g/mol. The van der Waals surface area contributed by atoms with Gasteiger partial charge < -0.3 is 39.0 Å². The lowest BCUT2D eigenvalue weighted by Gasteiger charge is -2.35. The van der Waals surface area contributed by atoms with Crippen molar-refractivity contribution in [2.75, 3.05) is 40.4 Å². The van der Waals surface area contributed by atoms with Gasteiger partial charge in [0.05, 0.1) is 53.6 Å². The number of thiophene rings is 2. The largest absolute Gasteiger partial charge is 0.504 e. The second-order valence-corrected chi connectivity index (χ2v) is 14.7. The van der Waals surface area contributed by atoms with E-state index in [1.54, 1.807) is 19.1 Å². The van der Waals surface area contributed by atoms with Gasteiger partial charge in [-0.05, 0) is 39.8 Å². The molecular formula is C32H35Cl2N3O10S2. The van der Waals surface area contributed by atoms with Crippen molar-refractivity contribution in [3.05, 3.63) is 48.1 Å². The second kappa shape index (κ2) is 14.7. The lowest BCUT2D eigenvalue weighted by atomic mass is 10.2. The van der Waals surface area contributed by atoms with Gasteiger partial charge in [-0.25, -0.2) is 0 Å². The van der Waals surface area contributed by atoms with Gasteiger partial charge in [0.25, 0.3) is 11.8 Å². The Balaban J connectivity index is 0.000000191. The van der Waals surface area contributed by atoms with Crippen LogP contribution in [0.15, 0.2) is 18.2 Å².